The van der Waals surface area contributed by atoms with Crippen molar-refractivity contribution < 1.29 is 4.79 Å². The van der Waals surface area contributed by atoms with Crippen molar-refractivity contribution in [2.75, 3.05) is 18.9 Å². The number of benzene rings is 1. The van der Waals surface area contributed by atoms with Crippen LogP contribution in [0, 0.1) is 5.92 Å². The summed E-state index contributed by atoms with van der Waals surface area (Å²) in [6.45, 7) is 1.07. The first-order valence-electron chi connectivity index (χ1n) is 9.67. The number of nitrogens with one attached hydrogen (secondary N) is 2. The van der Waals surface area contributed by atoms with Crippen LogP contribution in [0.25, 0.3) is 10.9 Å². The third-order valence-electron chi connectivity index (χ3n) is 6.27. The Hall–Kier alpha value is -2.18. The van der Waals surface area contributed by atoms with E-state index in [1.54, 1.807) is 6.20 Å². The summed E-state index contributed by atoms with van der Waals surface area (Å²) in [6, 6.07) is 7.22. The van der Waals surface area contributed by atoms with Crippen molar-refractivity contribution in [2.45, 2.75) is 37.6 Å². The number of amides is 1. The molecule has 1 aromatic carbocycles. The number of fused-ring (bicyclic) bond motifs is 2. The fourth-order valence-corrected chi connectivity index (χ4v) is 5.61. The zero-order valence-electron chi connectivity index (χ0n) is 15.4. The molecule has 6 heteroatoms. The lowest BCUT2D eigenvalue weighted by Crippen LogP contribution is -2.47. The second-order valence-corrected chi connectivity index (χ2v) is 8.82. The number of hydrogen-bond donors (Lipinski definition) is 2. The summed E-state index contributed by atoms with van der Waals surface area (Å²) in [6.07, 6.45) is 7.69. The highest BCUT2D eigenvalue weighted by atomic mass is 32.1. The molecule has 0 saturated carbocycles. The van der Waals surface area contributed by atoms with Crippen LogP contribution in [-0.2, 0) is 11.2 Å². The maximum atomic E-state index is 12.2. The fraction of sp³-hybridized carbons (Fsp3) is 0.429. The molecule has 1 fully saturated rings. The van der Waals surface area contributed by atoms with E-state index in [9.17, 15) is 4.79 Å². The number of likely N-dealkylation sites (N-methyl/N-ethyl adjacent to an activating group) is 1. The minimum absolute atomic E-state index is 0.0772. The van der Waals surface area contributed by atoms with Crippen molar-refractivity contribution in [1.29, 1.82) is 0 Å². The van der Waals surface area contributed by atoms with E-state index >= 15 is 0 Å². The number of aromatic amines is 1. The number of carbonyl (C=O) groups is 1. The number of likely N-dealkylation sites (tertiary alicyclic amines) is 1. The maximum Gasteiger partial charge on any atom is 0.226 e. The lowest BCUT2D eigenvalue weighted by molar-refractivity contribution is -0.116. The van der Waals surface area contributed by atoms with Crippen LogP contribution in [0.4, 0.5) is 5.13 Å². The molecule has 5 nitrogen and oxygen atoms in total. The average molecular weight is 381 g/mol. The molecular formula is C21H24N4OS. The summed E-state index contributed by atoms with van der Waals surface area (Å²) < 4.78 is 0. The molecule has 27 heavy (non-hydrogen) atoms. The number of piperidine rings is 1. The van der Waals surface area contributed by atoms with Gasteiger partial charge in [-0.3, -0.25) is 4.79 Å². The topological polar surface area (TPSA) is 61.0 Å². The van der Waals surface area contributed by atoms with Gasteiger partial charge in [0.05, 0.1) is 0 Å². The number of anilines is 1. The first-order valence-corrected chi connectivity index (χ1v) is 10.6. The number of carbonyl (C=O) groups excluding carboxylic acids is 1. The Labute approximate surface area is 162 Å². The molecule has 3 heterocycles. The van der Waals surface area contributed by atoms with Gasteiger partial charge in [0, 0.05) is 53.6 Å². The van der Waals surface area contributed by atoms with Crippen LogP contribution in [0.5, 0.6) is 0 Å². The van der Waals surface area contributed by atoms with Crippen LogP contribution in [0.3, 0.4) is 0 Å². The molecule has 0 spiro atoms. The van der Waals surface area contributed by atoms with Gasteiger partial charge in [-0.15, -0.1) is 11.3 Å². The van der Waals surface area contributed by atoms with Gasteiger partial charge in [-0.05, 0) is 49.4 Å². The molecule has 2 aliphatic rings. The van der Waals surface area contributed by atoms with Crippen LogP contribution in [0.15, 0.2) is 36.0 Å². The van der Waals surface area contributed by atoms with Crippen LogP contribution >= 0.6 is 11.3 Å². The smallest absolute Gasteiger partial charge is 0.226 e. The van der Waals surface area contributed by atoms with Gasteiger partial charge in [0.25, 0.3) is 0 Å². The first-order chi connectivity index (χ1) is 13.2. The van der Waals surface area contributed by atoms with Gasteiger partial charge in [-0.25, -0.2) is 4.98 Å². The number of rotatable bonds is 4. The Bertz CT molecular complexity index is 964. The predicted octanol–water partition coefficient (Wildman–Crippen LogP) is 4.00. The molecule has 5 rings (SSSR count). The van der Waals surface area contributed by atoms with E-state index < -0.39 is 0 Å². The van der Waals surface area contributed by atoms with Crippen molar-refractivity contribution in [1.82, 2.24) is 14.9 Å². The number of H-pyrrole nitrogens is 1. The largest absolute Gasteiger partial charge is 0.361 e. The van der Waals surface area contributed by atoms with E-state index in [-0.39, 0.29) is 5.91 Å². The minimum atomic E-state index is 0.0772. The van der Waals surface area contributed by atoms with Crippen LogP contribution < -0.4 is 5.32 Å². The molecule has 2 N–H and O–H groups in total. The highest BCUT2D eigenvalue weighted by Gasteiger charge is 2.39. The number of aromatic nitrogens is 2. The van der Waals surface area contributed by atoms with Crippen LogP contribution in [-0.4, -0.2) is 40.4 Å². The van der Waals surface area contributed by atoms with Crippen LogP contribution in [0.1, 0.15) is 36.3 Å². The molecule has 1 amide bonds. The minimum Gasteiger partial charge on any atom is -0.361 e. The maximum absolute atomic E-state index is 12.2. The van der Waals surface area contributed by atoms with E-state index in [0.29, 0.717) is 29.4 Å². The molecule has 140 valence electrons. The molecule has 3 atom stereocenters. The Morgan fingerprint density at radius 2 is 2.37 bits per heavy atom. The molecule has 2 aromatic heterocycles. The molecule has 1 aliphatic carbocycles. The zero-order chi connectivity index (χ0) is 18.4. The first kappa shape index (κ1) is 17.0. The van der Waals surface area contributed by atoms with Gasteiger partial charge in [-0.1, -0.05) is 12.1 Å². The van der Waals surface area contributed by atoms with Crippen molar-refractivity contribution in [2.24, 2.45) is 5.92 Å². The van der Waals surface area contributed by atoms with E-state index in [4.69, 9.17) is 0 Å². The van der Waals surface area contributed by atoms with E-state index in [1.165, 1.54) is 39.8 Å². The third kappa shape index (κ3) is 3.07. The fourth-order valence-electron chi connectivity index (χ4n) is 5.07. The normalized spacial score (nSPS) is 24.7. The Morgan fingerprint density at radius 1 is 1.44 bits per heavy atom. The lowest BCUT2D eigenvalue weighted by Gasteiger charge is -2.45. The average Bonchev–Trinajstić information content (AvgIpc) is 3.32. The number of nitrogens with zero attached hydrogens (tertiary/aromatic N) is 2. The highest BCUT2D eigenvalue weighted by Crippen LogP contribution is 2.45. The molecule has 1 aliphatic heterocycles. The van der Waals surface area contributed by atoms with Gasteiger partial charge < -0.3 is 15.2 Å². The molecule has 0 radical (unpaired) electrons. The number of thiazole rings is 1. The SMILES string of the molecule is CN1CC(CCC(=O)Nc2nccs2)C[C@@H]2c3cccc4[nH]cc(c34)C[C@H]21. The van der Waals surface area contributed by atoms with Gasteiger partial charge in [0.2, 0.25) is 5.91 Å². The highest BCUT2D eigenvalue weighted by molar-refractivity contribution is 7.13. The second-order valence-electron chi connectivity index (χ2n) is 7.93. The summed E-state index contributed by atoms with van der Waals surface area (Å²) >= 11 is 1.47. The van der Waals surface area contributed by atoms with Crippen molar-refractivity contribution >= 4 is 33.3 Å². The summed E-state index contributed by atoms with van der Waals surface area (Å²) in [7, 11) is 2.25. The van der Waals surface area contributed by atoms with Gasteiger partial charge in [0.1, 0.15) is 0 Å². The van der Waals surface area contributed by atoms with Crippen molar-refractivity contribution in [3.63, 3.8) is 0 Å². The van der Waals surface area contributed by atoms with Crippen molar-refractivity contribution in [3.05, 3.63) is 47.1 Å². The molecule has 3 aromatic rings. The van der Waals surface area contributed by atoms with Gasteiger partial charge >= 0.3 is 0 Å². The zero-order valence-corrected chi connectivity index (χ0v) is 16.3. The standard InChI is InChI=1S/C21H24N4OS/c1-25-12-13(5-6-19(26)24-21-22-7-8-27-21)9-16-15-3-2-4-17-20(15)14(11-23-17)10-18(16)25/h2-4,7-8,11,13,16,18,23H,5-6,9-10,12H2,1H3,(H,22,24,26)/t13?,16-,18-/m1/s1. The lowest BCUT2D eigenvalue weighted by atomic mass is 9.71. The van der Waals surface area contributed by atoms with E-state index in [1.807, 2.05) is 5.38 Å². The summed E-state index contributed by atoms with van der Waals surface area (Å²) in [5.74, 6) is 1.19. The quantitative estimate of drug-likeness (QED) is 0.719. The Morgan fingerprint density at radius 3 is 3.22 bits per heavy atom. The molecular weight excluding hydrogens is 356 g/mol. The monoisotopic (exact) mass is 380 g/mol. The Kier molecular flexibility index (Phi) is 4.25. The molecule has 1 unspecified atom stereocenters. The van der Waals surface area contributed by atoms with Crippen LogP contribution in [0.2, 0.25) is 0 Å². The summed E-state index contributed by atoms with van der Waals surface area (Å²) in [5.41, 5.74) is 4.20. The van der Waals surface area contributed by atoms with Gasteiger partial charge in [0.15, 0.2) is 5.13 Å². The number of hydrogen-bond acceptors (Lipinski definition) is 4. The molecule has 1 saturated heterocycles. The van der Waals surface area contributed by atoms with E-state index in [2.05, 4.69) is 51.6 Å². The second kappa shape index (κ2) is 6.77. The Balaban J connectivity index is 1.30. The van der Waals surface area contributed by atoms with Gasteiger partial charge in [-0.2, -0.15) is 0 Å². The summed E-state index contributed by atoms with van der Waals surface area (Å²) in [5, 5.41) is 6.92. The molecule has 0 bridgehead atoms. The van der Waals surface area contributed by atoms with Crippen molar-refractivity contribution in [3.8, 4) is 0 Å². The van der Waals surface area contributed by atoms with E-state index in [0.717, 1.165) is 19.4 Å². The third-order valence-corrected chi connectivity index (χ3v) is 6.96. The summed E-state index contributed by atoms with van der Waals surface area (Å²) in [4.78, 5) is 22.3. The predicted molar refractivity (Wildman–Crippen MR) is 109 cm³/mol.